The topological polar surface area (TPSA) is 72.7 Å². The predicted molar refractivity (Wildman–Crippen MR) is 115 cm³/mol. The number of methoxy groups -OCH3 is 2. The van der Waals surface area contributed by atoms with Gasteiger partial charge in [0.2, 0.25) is 0 Å². The molecule has 1 aromatic heterocycles. The van der Waals surface area contributed by atoms with Crippen LogP contribution >= 0.6 is 0 Å². The van der Waals surface area contributed by atoms with Crippen LogP contribution in [0.2, 0.25) is 0 Å². The van der Waals surface area contributed by atoms with Crippen molar-refractivity contribution >= 4 is 5.96 Å². The van der Waals surface area contributed by atoms with Crippen molar-refractivity contribution in [3.8, 4) is 17.2 Å². The fourth-order valence-electron chi connectivity index (χ4n) is 2.85. The van der Waals surface area contributed by atoms with Crippen molar-refractivity contribution in [2.24, 2.45) is 4.99 Å². The summed E-state index contributed by atoms with van der Waals surface area (Å²) in [4.78, 5) is 4.67. The molecule has 0 unspecified atom stereocenters. The number of aliphatic imine (C=N–C) groups is 1. The lowest BCUT2D eigenvalue weighted by molar-refractivity contribution is 0.390. The van der Waals surface area contributed by atoms with E-state index in [-0.39, 0.29) is 0 Å². The van der Waals surface area contributed by atoms with Crippen LogP contribution in [0.3, 0.4) is 0 Å². The molecule has 29 heavy (non-hydrogen) atoms. The molecule has 0 amide bonds. The van der Waals surface area contributed by atoms with Crippen molar-refractivity contribution in [3.63, 3.8) is 0 Å². The van der Waals surface area contributed by atoms with E-state index in [1.54, 1.807) is 14.2 Å². The van der Waals surface area contributed by atoms with Gasteiger partial charge in [0.25, 0.3) is 0 Å². The molecule has 0 fully saturated rings. The van der Waals surface area contributed by atoms with E-state index >= 15 is 0 Å². The lowest BCUT2D eigenvalue weighted by atomic mass is 10.2. The molecule has 1 heterocycles. The first-order valence-electron chi connectivity index (χ1n) is 9.55. The van der Waals surface area contributed by atoms with E-state index in [0.29, 0.717) is 13.1 Å². The maximum absolute atomic E-state index is 5.46. The Morgan fingerprint density at radius 3 is 2.62 bits per heavy atom. The van der Waals surface area contributed by atoms with Crippen LogP contribution < -0.4 is 20.1 Å². The zero-order valence-electron chi connectivity index (χ0n) is 17.1. The number of rotatable bonds is 8. The van der Waals surface area contributed by atoms with Crippen LogP contribution in [0.4, 0.5) is 0 Å². The molecule has 0 aliphatic rings. The minimum atomic E-state index is 0.530. The normalized spacial score (nSPS) is 11.2. The fourth-order valence-corrected chi connectivity index (χ4v) is 2.85. The highest BCUT2D eigenvalue weighted by molar-refractivity contribution is 5.79. The van der Waals surface area contributed by atoms with Crippen LogP contribution in [0.25, 0.3) is 5.69 Å². The number of hydrogen-bond acceptors (Lipinski definition) is 4. The molecule has 0 atom stereocenters. The minimum Gasteiger partial charge on any atom is -0.497 e. The molecule has 0 radical (unpaired) electrons. The highest BCUT2D eigenvalue weighted by Gasteiger charge is 2.07. The first-order chi connectivity index (χ1) is 14.2. The molecular weight excluding hydrogens is 366 g/mol. The first kappa shape index (κ1) is 20.3. The smallest absolute Gasteiger partial charge is 0.191 e. The summed E-state index contributed by atoms with van der Waals surface area (Å²) < 4.78 is 12.6. The third-order valence-electron chi connectivity index (χ3n) is 4.36. The number of hydrogen-bond donors (Lipinski definition) is 2. The molecule has 3 rings (SSSR count). The number of para-hydroxylation sites is 1. The molecule has 0 aliphatic carbocycles. The summed E-state index contributed by atoms with van der Waals surface area (Å²) in [6.45, 7) is 3.93. The van der Waals surface area contributed by atoms with Crippen LogP contribution in [-0.2, 0) is 13.1 Å². The SMILES string of the molecule is CCNC(=NCc1cnn(-c2ccccc2)c1)NCc1ccc(OC)cc1OC. The van der Waals surface area contributed by atoms with Crippen LogP contribution in [0.5, 0.6) is 11.5 Å². The highest BCUT2D eigenvalue weighted by Crippen LogP contribution is 2.24. The summed E-state index contributed by atoms with van der Waals surface area (Å²) in [6.07, 6.45) is 3.83. The highest BCUT2D eigenvalue weighted by atomic mass is 16.5. The quantitative estimate of drug-likeness (QED) is 0.454. The van der Waals surface area contributed by atoms with E-state index in [2.05, 4.69) is 20.7 Å². The summed E-state index contributed by atoms with van der Waals surface area (Å²) >= 11 is 0. The van der Waals surface area contributed by atoms with Crippen LogP contribution in [-0.4, -0.2) is 36.5 Å². The monoisotopic (exact) mass is 393 g/mol. The Morgan fingerprint density at radius 1 is 1.07 bits per heavy atom. The number of nitrogens with one attached hydrogen (secondary N) is 2. The van der Waals surface area contributed by atoms with Gasteiger partial charge in [-0.1, -0.05) is 18.2 Å². The number of benzene rings is 2. The molecule has 3 aromatic rings. The number of guanidine groups is 1. The lowest BCUT2D eigenvalue weighted by Gasteiger charge is -2.14. The van der Waals surface area contributed by atoms with Gasteiger partial charge in [-0.15, -0.1) is 0 Å². The molecule has 7 nitrogen and oxygen atoms in total. The van der Waals surface area contributed by atoms with Crippen molar-refractivity contribution in [1.29, 1.82) is 0 Å². The van der Waals surface area contributed by atoms with Gasteiger partial charge in [0.1, 0.15) is 11.5 Å². The second-order valence-corrected chi connectivity index (χ2v) is 6.36. The molecule has 0 saturated heterocycles. The van der Waals surface area contributed by atoms with Crippen molar-refractivity contribution in [3.05, 3.63) is 72.1 Å². The number of nitrogens with zero attached hydrogens (tertiary/aromatic N) is 3. The summed E-state index contributed by atoms with van der Waals surface area (Å²) in [5.41, 5.74) is 3.09. The molecule has 0 spiro atoms. The van der Waals surface area contributed by atoms with E-state index in [0.717, 1.165) is 40.8 Å². The zero-order chi connectivity index (χ0) is 20.5. The Hall–Kier alpha value is -3.48. The van der Waals surface area contributed by atoms with Gasteiger partial charge in [0.15, 0.2) is 5.96 Å². The third-order valence-corrected chi connectivity index (χ3v) is 4.36. The molecule has 0 bridgehead atoms. The van der Waals surface area contributed by atoms with Gasteiger partial charge >= 0.3 is 0 Å². The van der Waals surface area contributed by atoms with Crippen molar-refractivity contribution in [2.45, 2.75) is 20.0 Å². The van der Waals surface area contributed by atoms with E-state index in [4.69, 9.17) is 9.47 Å². The lowest BCUT2D eigenvalue weighted by Crippen LogP contribution is -2.36. The molecule has 2 N–H and O–H groups in total. The Bertz CT molecular complexity index is 937. The maximum atomic E-state index is 5.46. The van der Waals surface area contributed by atoms with Gasteiger partial charge in [0, 0.05) is 36.5 Å². The minimum absolute atomic E-state index is 0.530. The van der Waals surface area contributed by atoms with Crippen molar-refractivity contribution < 1.29 is 9.47 Å². The molecular formula is C22H27N5O2. The predicted octanol–water partition coefficient (Wildman–Crippen LogP) is 3.14. The van der Waals surface area contributed by atoms with E-state index in [1.807, 2.05) is 72.5 Å². The summed E-state index contributed by atoms with van der Waals surface area (Å²) in [7, 11) is 3.30. The molecule has 0 aliphatic heterocycles. The Balaban J connectivity index is 1.65. The second-order valence-electron chi connectivity index (χ2n) is 6.36. The Labute approximate surface area is 171 Å². The van der Waals surface area contributed by atoms with E-state index in [1.165, 1.54) is 0 Å². The van der Waals surface area contributed by atoms with Crippen LogP contribution in [0, 0.1) is 0 Å². The number of aromatic nitrogens is 2. The summed E-state index contributed by atoms with van der Waals surface area (Å²) in [5.74, 6) is 2.27. The van der Waals surface area contributed by atoms with Gasteiger partial charge in [-0.2, -0.15) is 5.10 Å². The van der Waals surface area contributed by atoms with Crippen LogP contribution in [0.15, 0.2) is 65.9 Å². The third kappa shape index (κ3) is 5.51. The van der Waals surface area contributed by atoms with E-state index < -0.39 is 0 Å². The molecule has 0 saturated carbocycles. The fraction of sp³-hybridized carbons (Fsp3) is 0.273. The Kier molecular flexibility index (Phi) is 7.10. The standard InChI is InChI=1S/C22H27N5O2/c1-4-23-22(25-15-18-10-11-20(28-2)12-21(18)29-3)24-13-17-14-26-27(16-17)19-8-6-5-7-9-19/h5-12,14,16H,4,13,15H2,1-3H3,(H2,23,24,25). The van der Waals surface area contributed by atoms with Gasteiger partial charge in [-0.25, -0.2) is 9.67 Å². The average Bonchev–Trinajstić information content (AvgIpc) is 3.25. The second kappa shape index (κ2) is 10.2. The van der Waals surface area contributed by atoms with Gasteiger partial charge < -0.3 is 20.1 Å². The van der Waals surface area contributed by atoms with Gasteiger partial charge in [0.05, 0.1) is 32.6 Å². The zero-order valence-corrected chi connectivity index (χ0v) is 17.1. The summed E-state index contributed by atoms with van der Waals surface area (Å²) in [5, 5.41) is 11.0. The Morgan fingerprint density at radius 2 is 1.90 bits per heavy atom. The average molecular weight is 393 g/mol. The maximum Gasteiger partial charge on any atom is 0.191 e. The number of ether oxygens (including phenoxy) is 2. The van der Waals surface area contributed by atoms with Crippen molar-refractivity contribution in [1.82, 2.24) is 20.4 Å². The summed E-state index contributed by atoms with van der Waals surface area (Å²) in [6, 6.07) is 15.8. The molecule has 2 aromatic carbocycles. The molecule has 152 valence electrons. The van der Waals surface area contributed by atoms with Crippen molar-refractivity contribution in [2.75, 3.05) is 20.8 Å². The largest absolute Gasteiger partial charge is 0.497 e. The first-order valence-corrected chi connectivity index (χ1v) is 9.55. The molecule has 7 heteroatoms. The van der Waals surface area contributed by atoms with Crippen LogP contribution in [0.1, 0.15) is 18.1 Å². The van der Waals surface area contributed by atoms with E-state index in [9.17, 15) is 0 Å². The van der Waals surface area contributed by atoms with Gasteiger partial charge in [-0.3, -0.25) is 0 Å². The van der Waals surface area contributed by atoms with Gasteiger partial charge in [-0.05, 0) is 31.2 Å².